The molecule has 0 radical (unpaired) electrons. The molecule has 0 bridgehead atoms. The molecular weight excluding hydrogens is 284 g/mol. The largest absolute Gasteiger partial charge is 0.463 e. The number of Topliss-reactive ketones (excluding diaryl/α,β-unsaturated/α-hetero) is 2. The predicted molar refractivity (Wildman–Crippen MR) is 84.6 cm³/mol. The lowest BCUT2D eigenvalue weighted by Crippen LogP contribution is -2.14. The summed E-state index contributed by atoms with van der Waals surface area (Å²) >= 11 is 0. The molecule has 0 unspecified atom stereocenters. The first-order valence-corrected chi connectivity index (χ1v) is 8.10. The highest BCUT2D eigenvalue weighted by Gasteiger charge is 2.11. The normalized spacial score (nSPS) is 11.0. The Morgan fingerprint density at radius 1 is 0.818 bits per heavy atom. The van der Waals surface area contributed by atoms with Gasteiger partial charge < -0.3 is 9.47 Å². The van der Waals surface area contributed by atoms with Gasteiger partial charge in [-0.25, -0.2) is 0 Å². The number of carbonyl (C=O) groups is 3. The Hall–Kier alpha value is -1.23. The topological polar surface area (TPSA) is 69.7 Å². The van der Waals surface area contributed by atoms with Crippen LogP contribution in [-0.4, -0.2) is 37.4 Å². The van der Waals surface area contributed by atoms with Gasteiger partial charge in [-0.15, -0.1) is 0 Å². The van der Waals surface area contributed by atoms with Gasteiger partial charge >= 0.3 is 5.97 Å². The first-order valence-electron chi connectivity index (χ1n) is 8.10. The molecule has 0 aromatic rings. The lowest BCUT2D eigenvalue weighted by Gasteiger charge is -2.07. The average Bonchev–Trinajstić information content (AvgIpc) is 2.45. The van der Waals surface area contributed by atoms with Crippen molar-refractivity contribution in [3.8, 4) is 0 Å². The molecule has 0 N–H and O–H groups in total. The zero-order valence-electron chi connectivity index (χ0n) is 14.4. The Morgan fingerprint density at radius 2 is 1.50 bits per heavy atom. The van der Waals surface area contributed by atoms with E-state index < -0.39 is 0 Å². The molecule has 0 fully saturated rings. The van der Waals surface area contributed by atoms with E-state index in [-0.39, 0.29) is 49.5 Å². The number of rotatable bonds is 13. The fourth-order valence-corrected chi connectivity index (χ4v) is 1.66. The van der Waals surface area contributed by atoms with Crippen LogP contribution in [-0.2, 0) is 23.9 Å². The van der Waals surface area contributed by atoms with Crippen molar-refractivity contribution in [1.29, 1.82) is 0 Å². The van der Waals surface area contributed by atoms with Crippen LogP contribution in [0.3, 0.4) is 0 Å². The standard InChI is InChI=1S/C17H30O5/c1-13(2)5-6-15(18)9-10-21-11-12-22-17(20)8-7-16(19)14(3)4/h13-14H,5-12H2,1-4H3. The van der Waals surface area contributed by atoms with Crippen LogP contribution >= 0.6 is 0 Å². The molecule has 128 valence electrons. The number of esters is 1. The molecule has 0 amide bonds. The fourth-order valence-electron chi connectivity index (χ4n) is 1.66. The second-order valence-electron chi connectivity index (χ2n) is 6.18. The van der Waals surface area contributed by atoms with Gasteiger partial charge in [-0.3, -0.25) is 14.4 Å². The van der Waals surface area contributed by atoms with Gasteiger partial charge in [-0.1, -0.05) is 27.7 Å². The van der Waals surface area contributed by atoms with Crippen molar-refractivity contribution in [2.24, 2.45) is 11.8 Å². The summed E-state index contributed by atoms with van der Waals surface area (Å²) in [7, 11) is 0. The van der Waals surface area contributed by atoms with Crippen molar-refractivity contribution < 1.29 is 23.9 Å². The zero-order chi connectivity index (χ0) is 17.0. The minimum Gasteiger partial charge on any atom is -0.463 e. The van der Waals surface area contributed by atoms with Crippen LogP contribution in [0.15, 0.2) is 0 Å². The maximum absolute atomic E-state index is 11.5. The van der Waals surface area contributed by atoms with Crippen LogP contribution < -0.4 is 0 Å². The second kappa shape index (κ2) is 12.3. The molecule has 0 aliphatic rings. The number of hydrogen-bond acceptors (Lipinski definition) is 5. The minimum absolute atomic E-state index is 0.0515. The molecule has 5 heteroatoms. The molecule has 0 saturated heterocycles. The van der Waals surface area contributed by atoms with E-state index >= 15 is 0 Å². The van der Waals surface area contributed by atoms with Crippen molar-refractivity contribution >= 4 is 17.5 Å². The van der Waals surface area contributed by atoms with Crippen LogP contribution in [0, 0.1) is 11.8 Å². The summed E-state index contributed by atoms with van der Waals surface area (Å²) in [6.45, 7) is 8.60. The summed E-state index contributed by atoms with van der Waals surface area (Å²) in [5.74, 6) is 0.368. The highest BCUT2D eigenvalue weighted by molar-refractivity contribution is 5.84. The monoisotopic (exact) mass is 314 g/mol. The average molecular weight is 314 g/mol. The Bertz CT molecular complexity index is 347. The first kappa shape index (κ1) is 20.8. The maximum Gasteiger partial charge on any atom is 0.306 e. The molecule has 0 atom stereocenters. The van der Waals surface area contributed by atoms with E-state index in [9.17, 15) is 14.4 Å². The minimum atomic E-state index is -0.384. The Kier molecular flexibility index (Phi) is 11.6. The third-order valence-corrected chi connectivity index (χ3v) is 3.24. The van der Waals surface area contributed by atoms with E-state index in [0.717, 1.165) is 6.42 Å². The lowest BCUT2D eigenvalue weighted by molar-refractivity contribution is -0.146. The number of hydrogen-bond donors (Lipinski definition) is 0. The van der Waals surface area contributed by atoms with Gasteiger partial charge in [0.1, 0.15) is 18.2 Å². The molecule has 0 aromatic carbocycles. The predicted octanol–water partition coefficient (Wildman–Crippen LogP) is 2.95. The van der Waals surface area contributed by atoms with E-state index in [0.29, 0.717) is 25.4 Å². The zero-order valence-corrected chi connectivity index (χ0v) is 14.4. The van der Waals surface area contributed by atoms with Crippen LogP contribution in [0.25, 0.3) is 0 Å². The van der Waals surface area contributed by atoms with E-state index in [2.05, 4.69) is 13.8 Å². The van der Waals surface area contributed by atoms with Crippen molar-refractivity contribution in [2.75, 3.05) is 19.8 Å². The molecule has 0 saturated carbocycles. The Morgan fingerprint density at radius 3 is 2.09 bits per heavy atom. The number of ether oxygens (including phenoxy) is 2. The van der Waals surface area contributed by atoms with Gasteiger partial charge in [0.2, 0.25) is 0 Å². The van der Waals surface area contributed by atoms with Gasteiger partial charge in [0.15, 0.2) is 0 Å². The number of carbonyl (C=O) groups excluding carboxylic acids is 3. The van der Waals surface area contributed by atoms with Gasteiger partial charge in [-0.05, 0) is 12.3 Å². The van der Waals surface area contributed by atoms with Crippen molar-refractivity contribution in [1.82, 2.24) is 0 Å². The molecule has 5 nitrogen and oxygen atoms in total. The summed E-state index contributed by atoms with van der Waals surface area (Å²) in [5.41, 5.74) is 0. The molecule has 0 aliphatic heterocycles. The smallest absolute Gasteiger partial charge is 0.306 e. The van der Waals surface area contributed by atoms with Crippen LogP contribution in [0.1, 0.15) is 59.8 Å². The molecule has 22 heavy (non-hydrogen) atoms. The van der Waals surface area contributed by atoms with E-state index in [4.69, 9.17) is 9.47 Å². The number of ketones is 2. The van der Waals surface area contributed by atoms with Crippen molar-refractivity contribution in [3.63, 3.8) is 0 Å². The van der Waals surface area contributed by atoms with Crippen LogP contribution in [0.4, 0.5) is 0 Å². The highest BCUT2D eigenvalue weighted by Crippen LogP contribution is 2.05. The third-order valence-electron chi connectivity index (χ3n) is 3.24. The fraction of sp³-hybridized carbons (Fsp3) is 0.824. The molecule has 0 aliphatic carbocycles. The summed E-state index contributed by atoms with van der Waals surface area (Å²) < 4.78 is 10.2. The highest BCUT2D eigenvalue weighted by atomic mass is 16.6. The second-order valence-corrected chi connectivity index (χ2v) is 6.18. The van der Waals surface area contributed by atoms with Crippen molar-refractivity contribution in [3.05, 3.63) is 0 Å². The van der Waals surface area contributed by atoms with Gasteiger partial charge in [0.25, 0.3) is 0 Å². The summed E-state index contributed by atoms with van der Waals surface area (Å²) in [5, 5.41) is 0. The summed E-state index contributed by atoms with van der Waals surface area (Å²) in [4.78, 5) is 34.2. The molecule has 0 rings (SSSR count). The van der Waals surface area contributed by atoms with Gasteiger partial charge in [-0.2, -0.15) is 0 Å². The van der Waals surface area contributed by atoms with E-state index in [1.807, 2.05) is 13.8 Å². The molecule has 0 spiro atoms. The quantitative estimate of drug-likeness (QED) is 0.386. The molecule has 0 heterocycles. The molecule has 0 aromatic heterocycles. The third kappa shape index (κ3) is 12.5. The first-order chi connectivity index (χ1) is 10.3. The van der Waals surface area contributed by atoms with Crippen molar-refractivity contribution in [2.45, 2.75) is 59.8 Å². The summed E-state index contributed by atoms with van der Waals surface area (Å²) in [6.07, 6.45) is 2.25. The SMILES string of the molecule is CC(C)CCC(=O)CCOCCOC(=O)CCC(=O)C(C)C. The van der Waals surface area contributed by atoms with Gasteiger partial charge in [0, 0.05) is 25.2 Å². The lowest BCUT2D eigenvalue weighted by atomic mass is 10.0. The van der Waals surface area contributed by atoms with Crippen LogP contribution in [0.5, 0.6) is 0 Å². The van der Waals surface area contributed by atoms with E-state index in [1.165, 1.54) is 0 Å². The molecular formula is C17H30O5. The Labute approximate surface area is 133 Å². The Balaban J connectivity index is 3.47. The van der Waals surface area contributed by atoms with Gasteiger partial charge in [0.05, 0.1) is 19.6 Å². The summed E-state index contributed by atoms with van der Waals surface area (Å²) in [6, 6.07) is 0. The van der Waals surface area contributed by atoms with E-state index in [1.54, 1.807) is 0 Å². The van der Waals surface area contributed by atoms with Crippen LogP contribution in [0.2, 0.25) is 0 Å². The maximum atomic E-state index is 11.5.